The van der Waals surface area contributed by atoms with Crippen molar-refractivity contribution in [2.24, 2.45) is 45.3 Å². The van der Waals surface area contributed by atoms with Crippen LogP contribution in [0, 0.1) is 45.3 Å². The summed E-state index contributed by atoms with van der Waals surface area (Å²) in [6, 6.07) is 0. The summed E-state index contributed by atoms with van der Waals surface area (Å²) >= 11 is 0. The van der Waals surface area contributed by atoms with Crippen LogP contribution >= 0.6 is 0 Å². The lowest BCUT2D eigenvalue weighted by molar-refractivity contribution is -0.225. The van der Waals surface area contributed by atoms with Gasteiger partial charge in [0.05, 0.1) is 19.3 Å². The second-order valence-electron chi connectivity index (χ2n) is 10.6. The Bertz CT molecular complexity index is 613. The molecule has 6 aliphatic rings. The third-order valence-electron chi connectivity index (χ3n) is 9.58. The molecule has 3 N–H and O–H groups in total. The molecule has 1 spiro atoms. The van der Waals surface area contributed by atoms with E-state index in [-0.39, 0.29) is 42.2 Å². The fraction of sp³-hybridized carbons (Fsp3) is 0.950. The van der Waals surface area contributed by atoms with Gasteiger partial charge in [0.1, 0.15) is 5.78 Å². The fourth-order valence-corrected chi connectivity index (χ4v) is 9.02. The number of hydrogen-bond donors (Lipinski definition) is 3. The molecule has 4 bridgehead atoms. The van der Waals surface area contributed by atoms with E-state index in [9.17, 15) is 20.1 Å². The van der Waals surface area contributed by atoms with Crippen LogP contribution in [0.15, 0.2) is 0 Å². The molecule has 0 aromatic rings. The zero-order valence-corrected chi connectivity index (χ0v) is 14.8. The van der Waals surface area contributed by atoms with Gasteiger partial charge in [-0.3, -0.25) is 4.79 Å². The Morgan fingerprint density at radius 1 is 1.04 bits per heavy atom. The van der Waals surface area contributed by atoms with Gasteiger partial charge in [-0.05, 0) is 59.7 Å². The van der Waals surface area contributed by atoms with Crippen LogP contribution in [-0.4, -0.2) is 40.4 Å². The summed E-state index contributed by atoms with van der Waals surface area (Å²) in [5.41, 5.74) is -0.456. The van der Waals surface area contributed by atoms with E-state index in [1.165, 1.54) is 19.3 Å². The number of Topliss-reactive ketones (excluding diaryl/α,β-unsaturated/α-hetero) is 1. The number of aliphatic hydroxyl groups is 3. The minimum Gasteiger partial charge on any atom is -0.396 e. The summed E-state index contributed by atoms with van der Waals surface area (Å²) in [7, 11) is 0. The van der Waals surface area contributed by atoms with Gasteiger partial charge in [0.25, 0.3) is 0 Å². The number of hydrogen-bond acceptors (Lipinski definition) is 4. The van der Waals surface area contributed by atoms with Crippen molar-refractivity contribution in [3.63, 3.8) is 0 Å². The van der Waals surface area contributed by atoms with Crippen LogP contribution in [0.4, 0.5) is 0 Å². The molecule has 0 amide bonds. The van der Waals surface area contributed by atoms with E-state index in [2.05, 4.69) is 13.8 Å². The number of carbonyl (C=O) groups is 1. The predicted molar refractivity (Wildman–Crippen MR) is 87.9 cm³/mol. The molecule has 6 fully saturated rings. The highest BCUT2D eigenvalue weighted by atomic mass is 16.3. The Morgan fingerprint density at radius 3 is 2.33 bits per heavy atom. The molecule has 0 saturated heterocycles. The van der Waals surface area contributed by atoms with Crippen molar-refractivity contribution in [1.82, 2.24) is 0 Å². The molecule has 0 aromatic heterocycles. The SMILES string of the molecule is C[C@@]12CC(=O)CC(CO)(CO)[C@@H]1[C@H](O)C[C@@]13C[C@H]4[C@@H](C[C@H]12)[C@@]4(C)C3. The standard InChI is InChI=1S/C20H30O4/c1-17-4-11(23)5-20(9-21,10-22)16(17)14(24)7-19-6-13-12(3-15(17)19)18(13,2)8-19/h12-16,21-22,24H,3-10H2,1-2H3/t12-,13+,14-,15+,16-,17+,18-,19-/m1/s1. The van der Waals surface area contributed by atoms with Crippen molar-refractivity contribution in [2.45, 2.75) is 58.5 Å². The number of rotatable bonds is 2. The van der Waals surface area contributed by atoms with Crippen molar-refractivity contribution < 1.29 is 20.1 Å². The molecule has 6 aliphatic carbocycles. The third-order valence-corrected chi connectivity index (χ3v) is 9.58. The second kappa shape index (κ2) is 4.27. The lowest BCUT2D eigenvalue weighted by Crippen LogP contribution is -2.66. The molecular formula is C20H30O4. The van der Waals surface area contributed by atoms with E-state index >= 15 is 0 Å². The molecule has 0 radical (unpaired) electrons. The maximum Gasteiger partial charge on any atom is 0.134 e. The number of carbonyl (C=O) groups excluding carboxylic acids is 1. The smallest absolute Gasteiger partial charge is 0.134 e. The van der Waals surface area contributed by atoms with Crippen molar-refractivity contribution in [2.75, 3.05) is 13.2 Å². The average molecular weight is 334 g/mol. The molecule has 0 heterocycles. The Hall–Kier alpha value is -0.450. The van der Waals surface area contributed by atoms with E-state index in [0.717, 1.165) is 18.3 Å². The number of ketones is 1. The highest BCUT2D eigenvalue weighted by Crippen LogP contribution is 2.85. The monoisotopic (exact) mass is 334 g/mol. The van der Waals surface area contributed by atoms with E-state index in [0.29, 0.717) is 17.8 Å². The maximum atomic E-state index is 12.6. The zero-order valence-electron chi connectivity index (χ0n) is 14.8. The van der Waals surface area contributed by atoms with Crippen LogP contribution in [0.1, 0.15) is 52.4 Å². The zero-order chi connectivity index (χ0) is 17.1. The van der Waals surface area contributed by atoms with Crippen molar-refractivity contribution in [3.8, 4) is 0 Å². The lowest BCUT2D eigenvalue weighted by atomic mass is 9.38. The summed E-state index contributed by atoms with van der Waals surface area (Å²) < 4.78 is 0. The first-order valence-corrected chi connectivity index (χ1v) is 9.66. The molecule has 134 valence electrons. The first kappa shape index (κ1) is 15.8. The Balaban J connectivity index is 1.61. The van der Waals surface area contributed by atoms with Crippen LogP contribution in [0.2, 0.25) is 0 Å². The maximum absolute atomic E-state index is 12.6. The fourth-order valence-electron chi connectivity index (χ4n) is 9.02. The molecule has 6 saturated carbocycles. The molecule has 4 heteroatoms. The van der Waals surface area contributed by atoms with E-state index in [4.69, 9.17) is 0 Å². The summed E-state index contributed by atoms with van der Waals surface area (Å²) in [5.74, 6) is 2.07. The molecule has 0 unspecified atom stereocenters. The van der Waals surface area contributed by atoms with Crippen molar-refractivity contribution in [1.29, 1.82) is 0 Å². The molecule has 6 rings (SSSR count). The van der Waals surface area contributed by atoms with Crippen LogP contribution in [0.5, 0.6) is 0 Å². The third kappa shape index (κ3) is 1.51. The lowest BCUT2D eigenvalue weighted by Gasteiger charge is -2.66. The Kier molecular flexibility index (Phi) is 2.80. The quantitative estimate of drug-likeness (QED) is 0.719. The van der Waals surface area contributed by atoms with Gasteiger partial charge in [-0.25, -0.2) is 0 Å². The van der Waals surface area contributed by atoms with E-state index in [1.807, 2.05) is 0 Å². The van der Waals surface area contributed by atoms with Crippen LogP contribution < -0.4 is 0 Å². The van der Waals surface area contributed by atoms with Crippen molar-refractivity contribution >= 4 is 5.78 Å². The van der Waals surface area contributed by atoms with Gasteiger partial charge in [-0.15, -0.1) is 0 Å². The predicted octanol–water partition coefficient (Wildman–Crippen LogP) is 1.76. The molecule has 8 atom stereocenters. The molecule has 0 aromatic carbocycles. The summed E-state index contributed by atoms with van der Waals surface area (Å²) in [6.45, 7) is 4.18. The number of aliphatic hydroxyl groups excluding tert-OH is 3. The summed E-state index contributed by atoms with van der Waals surface area (Å²) in [5, 5.41) is 31.3. The van der Waals surface area contributed by atoms with Gasteiger partial charge in [0.2, 0.25) is 0 Å². The van der Waals surface area contributed by atoms with Crippen LogP contribution in [-0.2, 0) is 4.79 Å². The minimum absolute atomic E-state index is 0.154. The van der Waals surface area contributed by atoms with Gasteiger partial charge >= 0.3 is 0 Å². The van der Waals surface area contributed by atoms with Crippen molar-refractivity contribution in [3.05, 3.63) is 0 Å². The number of fused-ring (bicyclic) bond motifs is 1. The van der Waals surface area contributed by atoms with Gasteiger partial charge in [0.15, 0.2) is 0 Å². The Morgan fingerprint density at radius 2 is 1.75 bits per heavy atom. The molecule has 4 nitrogen and oxygen atoms in total. The normalized spacial score (nSPS) is 59.7. The van der Waals surface area contributed by atoms with Gasteiger partial charge < -0.3 is 15.3 Å². The molecule has 0 aliphatic heterocycles. The van der Waals surface area contributed by atoms with Crippen LogP contribution in [0.3, 0.4) is 0 Å². The van der Waals surface area contributed by atoms with E-state index in [1.54, 1.807) is 0 Å². The first-order valence-electron chi connectivity index (χ1n) is 9.66. The van der Waals surface area contributed by atoms with Crippen LogP contribution in [0.25, 0.3) is 0 Å². The summed E-state index contributed by atoms with van der Waals surface area (Å²) in [4.78, 5) is 12.6. The van der Waals surface area contributed by atoms with Gasteiger partial charge in [0, 0.05) is 24.2 Å². The summed E-state index contributed by atoms with van der Waals surface area (Å²) in [6.07, 6.45) is 4.61. The largest absolute Gasteiger partial charge is 0.396 e. The van der Waals surface area contributed by atoms with Gasteiger partial charge in [-0.1, -0.05) is 13.8 Å². The highest BCUT2D eigenvalue weighted by molar-refractivity contribution is 5.81. The molecular weight excluding hydrogens is 304 g/mol. The topological polar surface area (TPSA) is 77.8 Å². The van der Waals surface area contributed by atoms with Gasteiger partial charge in [-0.2, -0.15) is 0 Å². The molecule has 24 heavy (non-hydrogen) atoms. The minimum atomic E-state index is -0.849. The average Bonchev–Trinajstić information content (AvgIpc) is 2.96. The first-order chi connectivity index (χ1) is 11.2. The Labute approximate surface area is 143 Å². The van der Waals surface area contributed by atoms with E-state index < -0.39 is 11.5 Å². The highest BCUT2D eigenvalue weighted by Gasteiger charge is 2.79. The second-order valence-corrected chi connectivity index (χ2v) is 10.6.